The standard InChI is InChI=1S/C31H33ClFN3O4/c1-17-7-5-12-23(18(17)2)35-29(38)27-31-14-13-24(40-31)25(28(37)34-21-10-6-9-20(32)15-21)26(31)30(39)36(27)16-19-8-3-4-11-22(19)33/h3-4,6,8-11,13-15,17-18,23-27H,5,7,12,16H2,1-2H3,(H,34,37)(H,35,38)/t17?,18?,23?,24-,25?,26-,27?,31?/m0/s1. The summed E-state index contributed by atoms with van der Waals surface area (Å²) in [6.45, 7) is 4.22. The Bertz CT molecular complexity index is 1380. The zero-order valence-corrected chi connectivity index (χ0v) is 23.2. The van der Waals surface area contributed by atoms with Crippen molar-refractivity contribution in [2.24, 2.45) is 23.7 Å². The predicted molar refractivity (Wildman–Crippen MR) is 149 cm³/mol. The molecule has 7 nitrogen and oxygen atoms in total. The Hall–Kier alpha value is -3.23. The minimum Gasteiger partial charge on any atom is -0.359 e. The van der Waals surface area contributed by atoms with E-state index in [4.69, 9.17) is 16.3 Å². The summed E-state index contributed by atoms with van der Waals surface area (Å²) in [5.41, 5.74) is -0.526. The number of ether oxygens (including phenoxy) is 1. The Balaban J connectivity index is 1.34. The van der Waals surface area contributed by atoms with Crippen LogP contribution in [0.15, 0.2) is 60.7 Å². The Labute approximate surface area is 238 Å². The van der Waals surface area contributed by atoms with Gasteiger partial charge >= 0.3 is 0 Å². The molecule has 2 aromatic rings. The van der Waals surface area contributed by atoms with Gasteiger partial charge in [0.05, 0.1) is 17.9 Å². The number of hydrogen-bond donors (Lipinski definition) is 2. The van der Waals surface area contributed by atoms with Gasteiger partial charge in [0.2, 0.25) is 17.7 Å². The number of carbonyl (C=O) groups is 3. The summed E-state index contributed by atoms with van der Waals surface area (Å²) >= 11 is 6.10. The number of rotatable bonds is 6. The van der Waals surface area contributed by atoms with Gasteiger partial charge in [0.15, 0.2) is 0 Å². The molecule has 1 aliphatic carbocycles. The molecular weight excluding hydrogens is 533 g/mol. The molecule has 8 atom stereocenters. The topological polar surface area (TPSA) is 87.7 Å². The van der Waals surface area contributed by atoms with Crippen molar-refractivity contribution in [3.63, 3.8) is 0 Å². The van der Waals surface area contributed by atoms with Gasteiger partial charge in [0.25, 0.3) is 0 Å². The number of carbonyl (C=O) groups excluding carboxylic acids is 3. The molecule has 2 saturated heterocycles. The maximum atomic E-state index is 14.8. The third-order valence-electron chi connectivity index (χ3n) is 9.35. The van der Waals surface area contributed by atoms with Crippen molar-refractivity contribution in [2.75, 3.05) is 5.32 Å². The highest BCUT2D eigenvalue weighted by molar-refractivity contribution is 6.30. The highest BCUT2D eigenvalue weighted by Crippen LogP contribution is 2.55. The molecule has 0 radical (unpaired) electrons. The number of anilines is 1. The van der Waals surface area contributed by atoms with Gasteiger partial charge in [-0.15, -0.1) is 0 Å². The molecule has 1 saturated carbocycles. The molecule has 9 heteroatoms. The minimum atomic E-state index is -1.32. The highest BCUT2D eigenvalue weighted by atomic mass is 35.5. The summed E-state index contributed by atoms with van der Waals surface area (Å²) in [6, 6.07) is 11.9. The van der Waals surface area contributed by atoms with E-state index >= 15 is 0 Å². The summed E-state index contributed by atoms with van der Waals surface area (Å²) in [6.07, 6.45) is 5.85. The number of nitrogens with one attached hydrogen (secondary N) is 2. The van der Waals surface area contributed by atoms with Gasteiger partial charge in [0, 0.05) is 28.9 Å². The van der Waals surface area contributed by atoms with Crippen LogP contribution in [0.5, 0.6) is 0 Å². The first-order valence-corrected chi connectivity index (χ1v) is 14.4. The molecule has 40 heavy (non-hydrogen) atoms. The molecule has 2 N–H and O–H groups in total. The van der Waals surface area contributed by atoms with Crippen molar-refractivity contribution in [1.82, 2.24) is 10.2 Å². The minimum absolute atomic E-state index is 0.0402. The van der Waals surface area contributed by atoms with Gasteiger partial charge in [-0.2, -0.15) is 0 Å². The lowest BCUT2D eigenvalue weighted by atomic mass is 9.73. The van der Waals surface area contributed by atoms with Crippen molar-refractivity contribution < 1.29 is 23.5 Å². The average molecular weight is 566 g/mol. The SMILES string of the molecule is CC1CCCC(NC(=O)C2N(Cc3ccccc3F)C(=O)[C@@H]3C(C(=O)Nc4cccc(Cl)c4)[C@@H]4C=CC23O4)C1C. The molecule has 3 heterocycles. The summed E-state index contributed by atoms with van der Waals surface area (Å²) in [4.78, 5) is 43.2. The molecule has 4 aliphatic rings. The normalized spacial score (nSPS) is 34.1. The molecule has 3 amide bonds. The predicted octanol–water partition coefficient (Wildman–Crippen LogP) is 4.71. The molecule has 2 bridgehead atoms. The zero-order valence-electron chi connectivity index (χ0n) is 22.5. The number of likely N-dealkylation sites (tertiary alicyclic amines) is 1. The Kier molecular flexibility index (Phi) is 6.95. The van der Waals surface area contributed by atoms with Crippen molar-refractivity contribution in [2.45, 2.75) is 63.4 Å². The van der Waals surface area contributed by atoms with Crippen molar-refractivity contribution in [3.05, 3.63) is 77.1 Å². The van der Waals surface area contributed by atoms with Crippen LogP contribution in [0.1, 0.15) is 38.7 Å². The lowest BCUT2D eigenvalue weighted by molar-refractivity contribution is -0.142. The van der Waals surface area contributed by atoms with E-state index in [-0.39, 0.29) is 24.4 Å². The first-order valence-electron chi connectivity index (χ1n) is 14.0. The van der Waals surface area contributed by atoms with Gasteiger partial charge in [-0.05, 0) is 42.5 Å². The Morgan fingerprint density at radius 3 is 2.70 bits per heavy atom. The summed E-state index contributed by atoms with van der Waals surface area (Å²) in [7, 11) is 0. The second kappa shape index (κ2) is 10.3. The summed E-state index contributed by atoms with van der Waals surface area (Å²) in [5, 5.41) is 6.55. The van der Waals surface area contributed by atoms with Crippen LogP contribution < -0.4 is 10.6 Å². The molecular formula is C31H33ClFN3O4. The van der Waals surface area contributed by atoms with Gasteiger partial charge in [-0.3, -0.25) is 14.4 Å². The number of nitrogens with zero attached hydrogens (tertiary/aromatic N) is 1. The molecule has 0 aromatic heterocycles. The number of halogens is 2. The molecule has 210 valence electrons. The number of hydrogen-bond acceptors (Lipinski definition) is 4. The maximum absolute atomic E-state index is 14.8. The fraction of sp³-hybridized carbons (Fsp3) is 0.452. The molecule has 6 rings (SSSR count). The third kappa shape index (κ3) is 4.41. The van der Waals surface area contributed by atoms with E-state index < -0.39 is 47.2 Å². The highest BCUT2D eigenvalue weighted by Gasteiger charge is 2.72. The zero-order chi connectivity index (χ0) is 28.2. The molecule has 1 spiro atoms. The second-order valence-electron chi connectivity index (χ2n) is 11.6. The second-order valence-corrected chi connectivity index (χ2v) is 12.1. The van der Waals surface area contributed by atoms with Crippen molar-refractivity contribution in [3.8, 4) is 0 Å². The average Bonchev–Trinajstić information content (AvgIpc) is 3.55. The number of amides is 3. The largest absolute Gasteiger partial charge is 0.359 e. The Morgan fingerprint density at radius 2 is 1.93 bits per heavy atom. The van der Waals surface area contributed by atoms with Crippen LogP contribution in [-0.4, -0.2) is 46.4 Å². The molecule has 2 aromatic carbocycles. The van der Waals surface area contributed by atoms with Gasteiger partial charge in [-0.1, -0.05) is 74.7 Å². The van der Waals surface area contributed by atoms with Crippen LogP contribution in [0.3, 0.4) is 0 Å². The first kappa shape index (κ1) is 27.0. The lowest BCUT2D eigenvalue weighted by Gasteiger charge is -2.38. The monoisotopic (exact) mass is 565 g/mol. The molecule has 3 fully saturated rings. The van der Waals surface area contributed by atoms with E-state index in [1.165, 1.54) is 11.0 Å². The van der Waals surface area contributed by atoms with E-state index in [1.807, 2.05) is 0 Å². The Morgan fingerprint density at radius 1 is 1.12 bits per heavy atom. The van der Waals surface area contributed by atoms with Gasteiger partial charge < -0.3 is 20.3 Å². The van der Waals surface area contributed by atoms with Crippen LogP contribution in [0.25, 0.3) is 0 Å². The maximum Gasteiger partial charge on any atom is 0.246 e. The number of fused-ring (bicyclic) bond motifs is 1. The van der Waals surface area contributed by atoms with E-state index in [0.29, 0.717) is 22.2 Å². The van der Waals surface area contributed by atoms with Crippen LogP contribution in [0.4, 0.5) is 10.1 Å². The fourth-order valence-corrected chi connectivity index (χ4v) is 7.28. The van der Waals surface area contributed by atoms with Gasteiger partial charge in [-0.25, -0.2) is 4.39 Å². The third-order valence-corrected chi connectivity index (χ3v) is 9.59. The summed E-state index contributed by atoms with van der Waals surface area (Å²) in [5.74, 6) is -2.63. The number of benzene rings is 2. The van der Waals surface area contributed by atoms with Crippen LogP contribution in [0, 0.1) is 29.5 Å². The summed E-state index contributed by atoms with van der Waals surface area (Å²) < 4.78 is 21.2. The lowest BCUT2D eigenvalue weighted by Crippen LogP contribution is -2.57. The fourth-order valence-electron chi connectivity index (χ4n) is 7.09. The first-order chi connectivity index (χ1) is 19.2. The van der Waals surface area contributed by atoms with Crippen LogP contribution in [0.2, 0.25) is 5.02 Å². The van der Waals surface area contributed by atoms with Crippen molar-refractivity contribution in [1.29, 1.82) is 0 Å². The van der Waals surface area contributed by atoms with Crippen LogP contribution in [-0.2, 0) is 25.7 Å². The quantitative estimate of drug-likeness (QED) is 0.497. The molecule has 6 unspecified atom stereocenters. The van der Waals surface area contributed by atoms with E-state index in [1.54, 1.807) is 54.6 Å². The van der Waals surface area contributed by atoms with E-state index in [2.05, 4.69) is 24.5 Å². The smallest absolute Gasteiger partial charge is 0.246 e. The molecule has 3 aliphatic heterocycles. The van der Waals surface area contributed by atoms with Gasteiger partial charge in [0.1, 0.15) is 17.5 Å². The van der Waals surface area contributed by atoms with E-state index in [0.717, 1.165) is 19.3 Å². The van der Waals surface area contributed by atoms with E-state index in [9.17, 15) is 18.8 Å². The van der Waals surface area contributed by atoms with Crippen LogP contribution >= 0.6 is 11.6 Å². The van der Waals surface area contributed by atoms with Crippen molar-refractivity contribution >= 4 is 35.0 Å².